The zero-order chi connectivity index (χ0) is 11.7. The first-order valence-electron chi connectivity index (χ1n) is 5.38. The molecule has 0 fully saturated rings. The van der Waals surface area contributed by atoms with E-state index in [0.29, 0.717) is 6.61 Å². The molecule has 0 N–H and O–H groups in total. The van der Waals surface area contributed by atoms with E-state index in [9.17, 15) is 4.79 Å². The van der Waals surface area contributed by atoms with Crippen LogP contribution in [0.4, 0.5) is 0 Å². The van der Waals surface area contributed by atoms with Crippen molar-refractivity contribution in [3.05, 3.63) is 30.3 Å². The van der Waals surface area contributed by atoms with Crippen molar-refractivity contribution < 1.29 is 9.53 Å². The fourth-order valence-electron chi connectivity index (χ4n) is 0.855. The van der Waals surface area contributed by atoms with E-state index in [2.05, 4.69) is 0 Å². The molecular formula is C13H20O2. The van der Waals surface area contributed by atoms with Gasteiger partial charge in [0.1, 0.15) is 11.5 Å². The third kappa shape index (κ3) is 5.89. The van der Waals surface area contributed by atoms with E-state index < -0.39 is 0 Å². The largest absolute Gasteiger partial charge is 0.493 e. The van der Waals surface area contributed by atoms with Gasteiger partial charge in [0.2, 0.25) is 0 Å². The van der Waals surface area contributed by atoms with Crippen LogP contribution in [0.25, 0.3) is 0 Å². The van der Waals surface area contributed by atoms with E-state index in [1.54, 1.807) is 6.92 Å². The second-order valence-corrected chi connectivity index (χ2v) is 3.14. The van der Waals surface area contributed by atoms with Gasteiger partial charge in [-0.3, -0.25) is 4.79 Å². The number of carbonyl (C=O) groups is 1. The van der Waals surface area contributed by atoms with Gasteiger partial charge in [-0.25, -0.2) is 0 Å². The van der Waals surface area contributed by atoms with Gasteiger partial charge in [0.05, 0.1) is 6.61 Å². The number of Topliss-reactive ketones (excluding diaryl/α,β-unsaturated/α-hetero) is 1. The van der Waals surface area contributed by atoms with Crippen LogP contribution < -0.4 is 4.74 Å². The molecule has 0 spiro atoms. The molecular weight excluding hydrogens is 188 g/mol. The topological polar surface area (TPSA) is 26.3 Å². The van der Waals surface area contributed by atoms with E-state index in [1.807, 2.05) is 51.1 Å². The summed E-state index contributed by atoms with van der Waals surface area (Å²) in [6.07, 6.45) is 0. The van der Waals surface area contributed by atoms with Gasteiger partial charge in [-0.2, -0.15) is 0 Å². The highest BCUT2D eigenvalue weighted by Gasteiger charge is 2.07. The minimum Gasteiger partial charge on any atom is -0.493 e. The molecule has 0 heterocycles. The van der Waals surface area contributed by atoms with E-state index in [4.69, 9.17) is 4.74 Å². The number of ether oxygens (including phenoxy) is 1. The molecule has 2 heteroatoms. The summed E-state index contributed by atoms with van der Waals surface area (Å²) in [5, 5.41) is 0. The highest BCUT2D eigenvalue weighted by molar-refractivity contribution is 5.77. The SMILES string of the molecule is CC.CC(=O)C(C)COc1ccccc1. The molecule has 0 saturated heterocycles. The van der Waals surface area contributed by atoms with E-state index in [-0.39, 0.29) is 11.7 Å². The summed E-state index contributed by atoms with van der Waals surface area (Å²) in [7, 11) is 0. The lowest BCUT2D eigenvalue weighted by Crippen LogP contribution is -2.15. The second kappa shape index (κ2) is 8.04. The first-order valence-corrected chi connectivity index (χ1v) is 5.38. The van der Waals surface area contributed by atoms with Crippen molar-refractivity contribution in [1.29, 1.82) is 0 Å². The molecule has 1 atom stereocenters. The number of ketones is 1. The fraction of sp³-hybridized carbons (Fsp3) is 0.462. The lowest BCUT2D eigenvalue weighted by Gasteiger charge is -2.09. The number of para-hydroxylation sites is 1. The Bertz CT molecular complexity index is 267. The number of carbonyl (C=O) groups excluding carboxylic acids is 1. The van der Waals surface area contributed by atoms with Gasteiger partial charge >= 0.3 is 0 Å². The average Bonchev–Trinajstić information content (AvgIpc) is 2.30. The van der Waals surface area contributed by atoms with Crippen LogP contribution in [0.5, 0.6) is 5.75 Å². The van der Waals surface area contributed by atoms with Crippen molar-refractivity contribution in [2.75, 3.05) is 6.61 Å². The van der Waals surface area contributed by atoms with Crippen molar-refractivity contribution in [3.8, 4) is 5.75 Å². The predicted molar refractivity (Wildman–Crippen MR) is 63.1 cm³/mol. The Morgan fingerprint density at radius 2 is 1.80 bits per heavy atom. The molecule has 2 nitrogen and oxygen atoms in total. The fourth-order valence-corrected chi connectivity index (χ4v) is 0.855. The van der Waals surface area contributed by atoms with Crippen LogP contribution in [0, 0.1) is 5.92 Å². The minimum atomic E-state index is -0.0276. The summed E-state index contributed by atoms with van der Waals surface area (Å²) in [4.78, 5) is 10.9. The van der Waals surface area contributed by atoms with E-state index in [1.165, 1.54) is 0 Å². The van der Waals surface area contributed by atoms with Crippen LogP contribution in [-0.2, 0) is 4.79 Å². The van der Waals surface area contributed by atoms with Crippen molar-refractivity contribution in [2.24, 2.45) is 5.92 Å². The zero-order valence-electron chi connectivity index (χ0n) is 9.99. The lowest BCUT2D eigenvalue weighted by molar-refractivity contribution is -0.121. The molecule has 0 saturated carbocycles. The summed E-state index contributed by atoms with van der Waals surface area (Å²) < 4.78 is 5.41. The third-order valence-corrected chi connectivity index (χ3v) is 1.94. The Morgan fingerprint density at radius 1 is 1.27 bits per heavy atom. The first kappa shape index (κ1) is 13.7. The van der Waals surface area contributed by atoms with Crippen LogP contribution in [-0.4, -0.2) is 12.4 Å². The standard InChI is InChI=1S/C11H14O2.C2H6/c1-9(10(2)12)8-13-11-6-4-3-5-7-11;1-2/h3-7,9H,8H2,1-2H3;1-2H3. The maximum Gasteiger partial charge on any atom is 0.136 e. The third-order valence-electron chi connectivity index (χ3n) is 1.94. The average molecular weight is 208 g/mol. The van der Waals surface area contributed by atoms with Gasteiger partial charge in [-0.05, 0) is 19.1 Å². The molecule has 0 aliphatic rings. The molecule has 0 radical (unpaired) electrons. The van der Waals surface area contributed by atoms with Gasteiger partial charge in [0, 0.05) is 5.92 Å². The Morgan fingerprint density at radius 3 is 2.27 bits per heavy atom. The van der Waals surface area contributed by atoms with Crippen molar-refractivity contribution in [2.45, 2.75) is 27.7 Å². The van der Waals surface area contributed by atoms with Crippen molar-refractivity contribution >= 4 is 5.78 Å². The zero-order valence-corrected chi connectivity index (χ0v) is 9.99. The molecule has 1 rings (SSSR count). The summed E-state index contributed by atoms with van der Waals surface area (Å²) in [5.74, 6) is 0.951. The summed E-state index contributed by atoms with van der Waals surface area (Å²) >= 11 is 0. The predicted octanol–water partition coefficient (Wildman–Crippen LogP) is 3.32. The van der Waals surface area contributed by atoms with Gasteiger partial charge in [-0.15, -0.1) is 0 Å². The molecule has 15 heavy (non-hydrogen) atoms. The molecule has 0 amide bonds. The van der Waals surface area contributed by atoms with Crippen molar-refractivity contribution in [3.63, 3.8) is 0 Å². The van der Waals surface area contributed by atoms with Gasteiger partial charge in [-0.1, -0.05) is 39.0 Å². The Kier molecular flexibility index (Phi) is 7.33. The van der Waals surface area contributed by atoms with Crippen LogP contribution in [0.3, 0.4) is 0 Å². The molecule has 1 unspecified atom stereocenters. The summed E-state index contributed by atoms with van der Waals surface area (Å²) in [6.45, 7) is 7.91. The Labute approximate surface area is 92.3 Å². The summed E-state index contributed by atoms with van der Waals surface area (Å²) in [5.41, 5.74) is 0. The van der Waals surface area contributed by atoms with Crippen LogP contribution in [0.2, 0.25) is 0 Å². The molecule has 0 aliphatic carbocycles. The monoisotopic (exact) mass is 208 g/mol. The van der Waals surface area contributed by atoms with Crippen LogP contribution in [0.15, 0.2) is 30.3 Å². The van der Waals surface area contributed by atoms with Gasteiger partial charge in [0.25, 0.3) is 0 Å². The maximum atomic E-state index is 10.9. The molecule has 1 aromatic rings. The Balaban J connectivity index is 0.000000921. The minimum absolute atomic E-state index is 0.0276. The van der Waals surface area contributed by atoms with Crippen LogP contribution in [0.1, 0.15) is 27.7 Å². The highest BCUT2D eigenvalue weighted by Crippen LogP contribution is 2.09. The van der Waals surface area contributed by atoms with Gasteiger partial charge in [0.15, 0.2) is 0 Å². The van der Waals surface area contributed by atoms with E-state index in [0.717, 1.165) is 5.75 Å². The quantitative estimate of drug-likeness (QED) is 0.758. The number of benzene rings is 1. The smallest absolute Gasteiger partial charge is 0.136 e. The molecule has 84 valence electrons. The molecule has 0 aromatic heterocycles. The van der Waals surface area contributed by atoms with Crippen molar-refractivity contribution in [1.82, 2.24) is 0 Å². The highest BCUT2D eigenvalue weighted by atomic mass is 16.5. The Hall–Kier alpha value is -1.31. The van der Waals surface area contributed by atoms with E-state index >= 15 is 0 Å². The maximum absolute atomic E-state index is 10.9. The second-order valence-electron chi connectivity index (χ2n) is 3.14. The first-order chi connectivity index (χ1) is 7.20. The summed E-state index contributed by atoms with van der Waals surface area (Å²) in [6, 6.07) is 9.52. The molecule has 0 aliphatic heterocycles. The van der Waals surface area contributed by atoms with Gasteiger partial charge < -0.3 is 4.74 Å². The normalized spacial score (nSPS) is 10.9. The number of hydrogen-bond donors (Lipinski definition) is 0. The number of rotatable bonds is 4. The number of hydrogen-bond acceptors (Lipinski definition) is 2. The molecule has 1 aromatic carbocycles. The lowest BCUT2D eigenvalue weighted by atomic mass is 10.1. The molecule has 0 bridgehead atoms. The van der Waals surface area contributed by atoms with Crippen LogP contribution >= 0.6 is 0 Å².